The first kappa shape index (κ1) is 13.5. The molecule has 0 atom stereocenters. The van der Waals surface area contributed by atoms with E-state index in [1.165, 1.54) is 18.2 Å². The van der Waals surface area contributed by atoms with Crippen molar-refractivity contribution in [2.45, 2.75) is 0 Å². The van der Waals surface area contributed by atoms with Crippen LogP contribution >= 0.6 is 0 Å². The molecule has 0 amide bonds. The molecular formula is C11H12N6O3. The maximum atomic E-state index is 10.7. The first-order chi connectivity index (χ1) is 9.45. The molecule has 0 radical (unpaired) electrons. The second kappa shape index (κ2) is 5.34. The number of ether oxygens (including phenoxy) is 1. The molecule has 1 aromatic carbocycles. The number of nitrogens with two attached hydrogens (primary N) is 1. The number of non-ortho nitro benzene ring substituents is 1. The summed E-state index contributed by atoms with van der Waals surface area (Å²) >= 11 is 0. The lowest BCUT2D eigenvalue weighted by atomic mass is 10.3. The predicted molar refractivity (Wildman–Crippen MR) is 71.7 cm³/mol. The summed E-state index contributed by atoms with van der Waals surface area (Å²) in [4.78, 5) is 23.6. The lowest BCUT2D eigenvalue weighted by Crippen LogP contribution is -2.15. The third-order valence-electron chi connectivity index (χ3n) is 2.26. The van der Waals surface area contributed by atoms with Crippen molar-refractivity contribution in [1.29, 1.82) is 0 Å². The molecule has 2 aromatic rings. The van der Waals surface area contributed by atoms with Gasteiger partial charge in [-0.15, -0.1) is 0 Å². The van der Waals surface area contributed by atoms with Gasteiger partial charge in [0.05, 0.1) is 11.0 Å². The van der Waals surface area contributed by atoms with Gasteiger partial charge >= 0.3 is 6.01 Å². The van der Waals surface area contributed by atoms with Gasteiger partial charge in [-0.1, -0.05) is 6.07 Å². The minimum atomic E-state index is -0.514. The van der Waals surface area contributed by atoms with Gasteiger partial charge in [-0.25, -0.2) is 0 Å². The van der Waals surface area contributed by atoms with Crippen molar-refractivity contribution in [1.82, 2.24) is 15.0 Å². The molecule has 0 saturated heterocycles. The molecule has 9 nitrogen and oxygen atoms in total. The van der Waals surface area contributed by atoms with Crippen LogP contribution in [0.4, 0.5) is 17.6 Å². The van der Waals surface area contributed by atoms with Gasteiger partial charge in [-0.05, 0) is 6.07 Å². The second-order valence-electron chi connectivity index (χ2n) is 4.03. The summed E-state index contributed by atoms with van der Waals surface area (Å²) in [7, 11) is 3.48. The smallest absolute Gasteiger partial charge is 0.328 e. The van der Waals surface area contributed by atoms with Crippen molar-refractivity contribution in [2.75, 3.05) is 24.7 Å². The predicted octanol–water partition coefficient (Wildman–Crippen LogP) is 1.22. The Hall–Kier alpha value is -2.97. The van der Waals surface area contributed by atoms with Crippen LogP contribution in [0.3, 0.4) is 0 Å². The second-order valence-corrected chi connectivity index (χ2v) is 4.03. The van der Waals surface area contributed by atoms with Crippen LogP contribution in [0.15, 0.2) is 24.3 Å². The zero-order chi connectivity index (χ0) is 14.7. The number of nitrogen functional groups attached to an aromatic ring is 1. The highest BCUT2D eigenvalue weighted by Crippen LogP contribution is 2.23. The van der Waals surface area contributed by atoms with E-state index >= 15 is 0 Å². The molecule has 20 heavy (non-hydrogen) atoms. The van der Waals surface area contributed by atoms with Gasteiger partial charge in [0.15, 0.2) is 0 Å². The Morgan fingerprint density at radius 2 is 2.05 bits per heavy atom. The fraction of sp³-hybridized carbons (Fsp3) is 0.182. The summed E-state index contributed by atoms with van der Waals surface area (Å²) < 4.78 is 5.37. The number of aromatic nitrogens is 3. The molecule has 0 unspecified atom stereocenters. The summed E-state index contributed by atoms with van der Waals surface area (Å²) in [5.41, 5.74) is 5.47. The van der Waals surface area contributed by atoms with Gasteiger partial charge in [0, 0.05) is 20.2 Å². The quantitative estimate of drug-likeness (QED) is 0.653. The highest BCUT2D eigenvalue weighted by Gasteiger charge is 2.11. The van der Waals surface area contributed by atoms with Crippen LogP contribution in [0.2, 0.25) is 0 Å². The first-order valence-electron chi connectivity index (χ1n) is 5.57. The molecule has 2 N–H and O–H groups in total. The Balaban J connectivity index is 2.30. The third-order valence-corrected chi connectivity index (χ3v) is 2.26. The standard InChI is InChI=1S/C11H12N6O3/c1-16(2)10-13-9(12)14-11(15-10)20-8-5-3-4-7(6-8)17(18)19/h3-6H,1-2H3,(H2,12,13,14,15). The van der Waals surface area contributed by atoms with E-state index in [0.29, 0.717) is 5.95 Å². The minimum absolute atomic E-state index is 0.00382. The van der Waals surface area contributed by atoms with Crippen LogP contribution < -0.4 is 15.4 Å². The third kappa shape index (κ3) is 3.07. The Morgan fingerprint density at radius 3 is 2.70 bits per heavy atom. The molecule has 0 fully saturated rings. The first-order valence-corrected chi connectivity index (χ1v) is 5.57. The average molecular weight is 276 g/mol. The van der Waals surface area contributed by atoms with E-state index in [1.807, 2.05) is 0 Å². The number of rotatable bonds is 4. The lowest BCUT2D eigenvalue weighted by molar-refractivity contribution is -0.384. The Labute approximate surface area is 114 Å². The Morgan fingerprint density at radius 1 is 1.30 bits per heavy atom. The number of hydrogen-bond acceptors (Lipinski definition) is 8. The van der Waals surface area contributed by atoms with E-state index in [9.17, 15) is 10.1 Å². The van der Waals surface area contributed by atoms with Crippen molar-refractivity contribution < 1.29 is 9.66 Å². The number of benzene rings is 1. The molecule has 0 spiro atoms. The van der Waals surface area contributed by atoms with Gasteiger partial charge in [0.2, 0.25) is 11.9 Å². The van der Waals surface area contributed by atoms with Crippen LogP contribution in [0, 0.1) is 10.1 Å². The number of hydrogen-bond donors (Lipinski definition) is 1. The van der Waals surface area contributed by atoms with E-state index in [1.54, 1.807) is 25.1 Å². The number of nitro benzene ring substituents is 1. The van der Waals surface area contributed by atoms with Gasteiger partial charge in [-0.2, -0.15) is 15.0 Å². The van der Waals surface area contributed by atoms with Crippen molar-refractivity contribution in [3.8, 4) is 11.8 Å². The molecule has 0 bridgehead atoms. The topological polar surface area (TPSA) is 120 Å². The molecule has 0 aliphatic heterocycles. The Bertz CT molecular complexity index is 646. The molecular weight excluding hydrogens is 264 g/mol. The summed E-state index contributed by atoms with van der Waals surface area (Å²) in [6.45, 7) is 0. The summed E-state index contributed by atoms with van der Waals surface area (Å²) in [5.74, 6) is 0.580. The molecule has 2 rings (SSSR count). The highest BCUT2D eigenvalue weighted by atomic mass is 16.6. The number of anilines is 2. The largest absolute Gasteiger partial charge is 0.424 e. The van der Waals surface area contributed by atoms with Gasteiger partial charge in [-0.3, -0.25) is 10.1 Å². The minimum Gasteiger partial charge on any atom is -0.424 e. The van der Waals surface area contributed by atoms with Crippen LogP contribution in [-0.4, -0.2) is 34.0 Å². The zero-order valence-electron chi connectivity index (χ0n) is 10.8. The highest BCUT2D eigenvalue weighted by molar-refractivity contribution is 5.40. The molecule has 1 aromatic heterocycles. The summed E-state index contributed by atoms with van der Waals surface area (Å²) in [5, 5.41) is 10.7. The van der Waals surface area contributed by atoms with E-state index in [4.69, 9.17) is 10.5 Å². The molecule has 0 saturated carbocycles. The van der Waals surface area contributed by atoms with Crippen molar-refractivity contribution in [3.05, 3.63) is 34.4 Å². The van der Waals surface area contributed by atoms with Crippen molar-refractivity contribution in [3.63, 3.8) is 0 Å². The van der Waals surface area contributed by atoms with E-state index in [2.05, 4.69) is 15.0 Å². The van der Waals surface area contributed by atoms with Crippen molar-refractivity contribution in [2.24, 2.45) is 0 Å². The van der Waals surface area contributed by atoms with Crippen LogP contribution in [0.25, 0.3) is 0 Å². The van der Waals surface area contributed by atoms with Gasteiger partial charge < -0.3 is 15.4 Å². The van der Waals surface area contributed by atoms with Gasteiger partial charge in [0.25, 0.3) is 5.69 Å². The van der Waals surface area contributed by atoms with E-state index < -0.39 is 4.92 Å². The molecule has 9 heteroatoms. The zero-order valence-corrected chi connectivity index (χ0v) is 10.8. The van der Waals surface area contributed by atoms with Gasteiger partial charge in [0.1, 0.15) is 5.75 Å². The van der Waals surface area contributed by atoms with Crippen LogP contribution in [0.5, 0.6) is 11.8 Å². The lowest BCUT2D eigenvalue weighted by Gasteiger charge is -2.11. The summed E-state index contributed by atoms with van der Waals surface area (Å²) in [6.07, 6.45) is 0. The van der Waals surface area contributed by atoms with E-state index in [-0.39, 0.29) is 23.4 Å². The maximum Gasteiger partial charge on any atom is 0.328 e. The van der Waals surface area contributed by atoms with Crippen LogP contribution in [-0.2, 0) is 0 Å². The monoisotopic (exact) mass is 276 g/mol. The van der Waals surface area contributed by atoms with E-state index in [0.717, 1.165) is 0 Å². The average Bonchev–Trinajstić information content (AvgIpc) is 2.38. The molecule has 0 aliphatic rings. The number of nitro groups is 1. The maximum absolute atomic E-state index is 10.7. The number of nitrogens with zero attached hydrogens (tertiary/aromatic N) is 5. The fourth-order valence-electron chi connectivity index (χ4n) is 1.37. The van der Waals surface area contributed by atoms with Crippen LogP contribution in [0.1, 0.15) is 0 Å². The molecule has 0 aliphatic carbocycles. The molecule has 104 valence electrons. The fourth-order valence-corrected chi connectivity index (χ4v) is 1.37. The SMILES string of the molecule is CN(C)c1nc(N)nc(Oc2cccc([N+](=O)[O-])c2)n1. The normalized spacial score (nSPS) is 10.1. The van der Waals surface area contributed by atoms with Crippen molar-refractivity contribution >= 4 is 17.6 Å². The Kier molecular flexibility index (Phi) is 3.60. The summed E-state index contributed by atoms with van der Waals surface area (Å²) in [6, 6.07) is 5.67. The molecule has 1 heterocycles.